The second kappa shape index (κ2) is 8.17. The van der Waals surface area contributed by atoms with Gasteiger partial charge in [0.1, 0.15) is 5.02 Å². The first kappa shape index (κ1) is 16.0. The average Bonchev–Trinajstić information content (AvgIpc) is 2.41. The largest absolute Gasteiger partial charge is 0.367 e. The lowest BCUT2D eigenvalue weighted by molar-refractivity contribution is 0.261. The normalized spacial score (nSPS) is 12.5. The van der Waals surface area contributed by atoms with Crippen molar-refractivity contribution in [1.82, 2.24) is 14.9 Å². The Labute approximate surface area is 120 Å². The van der Waals surface area contributed by atoms with Crippen molar-refractivity contribution in [3.63, 3.8) is 0 Å². The molecule has 5 nitrogen and oxygen atoms in total. The summed E-state index contributed by atoms with van der Waals surface area (Å²) in [4.78, 5) is 10.8. The molecule has 1 unspecified atom stereocenters. The predicted octanol–water partition coefficient (Wildman–Crippen LogP) is 2.70. The van der Waals surface area contributed by atoms with Crippen LogP contribution in [0.25, 0.3) is 0 Å². The van der Waals surface area contributed by atoms with Crippen LogP contribution in [-0.2, 0) is 0 Å². The molecule has 0 bridgehead atoms. The molecule has 1 atom stereocenters. The zero-order chi connectivity index (χ0) is 14.3. The summed E-state index contributed by atoms with van der Waals surface area (Å²) in [5.41, 5.74) is 0. The highest BCUT2D eigenvalue weighted by Crippen LogP contribution is 2.18. The summed E-state index contributed by atoms with van der Waals surface area (Å²) in [5, 5.41) is 6.88. The fourth-order valence-corrected chi connectivity index (χ4v) is 1.77. The third-order valence-corrected chi connectivity index (χ3v) is 3.46. The molecule has 0 aliphatic heterocycles. The van der Waals surface area contributed by atoms with Crippen LogP contribution in [0.3, 0.4) is 0 Å². The van der Waals surface area contributed by atoms with Gasteiger partial charge >= 0.3 is 0 Å². The van der Waals surface area contributed by atoms with Crippen LogP contribution in [0.2, 0.25) is 5.02 Å². The number of likely N-dealkylation sites (N-methyl/N-ethyl adjacent to an activating group) is 1. The summed E-state index contributed by atoms with van der Waals surface area (Å²) >= 11 is 6.07. The number of rotatable bonds is 8. The van der Waals surface area contributed by atoms with E-state index in [0.717, 1.165) is 26.1 Å². The molecule has 0 radical (unpaired) electrons. The molecule has 0 amide bonds. The summed E-state index contributed by atoms with van der Waals surface area (Å²) in [6, 6.07) is 0.583. The summed E-state index contributed by atoms with van der Waals surface area (Å²) in [6.45, 7) is 8.97. The first-order valence-electron chi connectivity index (χ1n) is 6.79. The van der Waals surface area contributed by atoms with Gasteiger partial charge in [-0.05, 0) is 27.3 Å². The van der Waals surface area contributed by atoms with E-state index in [2.05, 4.69) is 46.4 Å². The van der Waals surface area contributed by atoms with Gasteiger partial charge in [0.2, 0.25) is 5.95 Å². The molecule has 0 saturated carbocycles. The van der Waals surface area contributed by atoms with Crippen molar-refractivity contribution in [3.05, 3.63) is 11.2 Å². The number of nitrogens with one attached hydrogen (secondary N) is 2. The van der Waals surface area contributed by atoms with Crippen LogP contribution in [-0.4, -0.2) is 47.6 Å². The molecule has 0 aromatic carbocycles. The third-order valence-electron chi connectivity index (χ3n) is 3.18. The quantitative estimate of drug-likeness (QED) is 0.769. The minimum atomic E-state index is 0.549. The molecule has 0 fully saturated rings. The van der Waals surface area contributed by atoms with E-state index < -0.39 is 0 Å². The maximum atomic E-state index is 6.07. The lowest BCUT2D eigenvalue weighted by Gasteiger charge is -2.23. The van der Waals surface area contributed by atoms with Crippen LogP contribution >= 0.6 is 11.6 Å². The van der Waals surface area contributed by atoms with E-state index in [1.54, 1.807) is 6.20 Å². The molecule has 1 heterocycles. The smallest absolute Gasteiger partial charge is 0.224 e. The Morgan fingerprint density at radius 3 is 2.74 bits per heavy atom. The fraction of sp³-hybridized carbons (Fsp3) is 0.692. The maximum absolute atomic E-state index is 6.07. The second-order valence-electron chi connectivity index (χ2n) is 4.59. The topological polar surface area (TPSA) is 53.1 Å². The molecule has 0 saturated heterocycles. The van der Waals surface area contributed by atoms with Crippen molar-refractivity contribution in [2.75, 3.05) is 37.3 Å². The first-order valence-corrected chi connectivity index (χ1v) is 7.16. The number of aromatic nitrogens is 2. The lowest BCUT2D eigenvalue weighted by atomic mass is 10.2. The van der Waals surface area contributed by atoms with Gasteiger partial charge in [-0.25, -0.2) is 4.98 Å². The van der Waals surface area contributed by atoms with Crippen molar-refractivity contribution < 1.29 is 0 Å². The van der Waals surface area contributed by atoms with Gasteiger partial charge in [-0.15, -0.1) is 0 Å². The standard InChI is InChI=1S/C13H24ClN5/c1-5-10(3)19(4)8-7-16-12-11(14)9-17-13(18-12)15-6-2/h9-10H,5-8H2,1-4H3,(H2,15,16,17,18). The van der Waals surface area contributed by atoms with E-state index in [9.17, 15) is 0 Å². The lowest BCUT2D eigenvalue weighted by Crippen LogP contribution is -2.32. The first-order chi connectivity index (χ1) is 9.08. The maximum Gasteiger partial charge on any atom is 0.224 e. The van der Waals surface area contributed by atoms with Crippen molar-refractivity contribution in [2.24, 2.45) is 0 Å². The Kier molecular flexibility index (Phi) is 6.87. The highest BCUT2D eigenvalue weighted by molar-refractivity contribution is 6.32. The van der Waals surface area contributed by atoms with E-state index in [1.165, 1.54) is 0 Å². The van der Waals surface area contributed by atoms with Gasteiger partial charge in [0.05, 0.1) is 6.20 Å². The van der Waals surface area contributed by atoms with Gasteiger partial charge < -0.3 is 15.5 Å². The van der Waals surface area contributed by atoms with E-state index in [0.29, 0.717) is 22.8 Å². The van der Waals surface area contributed by atoms with Crippen LogP contribution in [0.15, 0.2) is 6.20 Å². The number of anilines is 2. The van der Waals surface area contributed by atoms with Gasteiger partial charge in [0, 0.05) is 25.7 Å². The highest BCUT2D eigenvalue weighted by atomic mass is 35.5. The number of halogens is 1. The van der Waals surface area contributed by atoms with Crippen LogP contribution in [0.4, 0.5) is 11.8 Å². The molecule has 19 heavy (non-hydrogen) atoms. The summed E-state index contributed by atoms with van der Waals surface area (Å²) in [5.74, 6) is 1.29. The number of nitrogens with zero attached hydrogens (tertiary/aromatic N) is 3. The van der Waals surface area contributed by atoms with Crippen molar-refractivity contribution in [2.45, 2.75) is 33.2 Å². The number of hydrogen-bond donors (Lipinski definition) is 2. The zero-order valence-corrected chi connectivity index (χ0v) is 13.0. The van der Waals surface area contributed by atoms with Crippen LogP contribution in [0.1, 0.15) is 27.2 Å². The summed E-state index contributed by atoms with van der Waals surface area (Å²) < 4.78 is 0. The Morgan fingerprint density at radius 1 is 1.37 bits per heavy atom. The molecule has 1 rings (SSSR count). The Balaban J connectivity index is 2.50. The fourth-order valence-electron chi connectivity index (χ4n) is 1.62. The Bertz CT molecular complexity index is 385. The summed E-state index contributed by atoms with van der Waals surface area (Å²) in [7, 11) is 2.13. The van der Waals surface area contributed by atoms with Crippen molar-refractivity contribution >= 4 is 23.4 Å². The molecule has 2 N–H and O–H groups in total. The zero-order valence-electron chi connectivity index (χ0n) is 12.2. The molecule has 0 aliphatic carbocycles. The van der Waals surface area contributed by atoms with E-state index in [-0.39, 0.29) is 0 Å². The van der Waals surface area contributed by atoms with Crippen LogP contribution in [0.5, 0.6) is 0 Å². The monoisotopic (exact) mass is 285 g/mol. The second-order valence-corrected chi connectivity index (χ2v) is 4.99. The molecular weight excluding hydrogens is 262 g/mol. The van der Waals surface area contributed by atoms with Gasteiger partial charge in [-0.2, -0.15) is 4.98 Å². The Hall–Kier alpha value is -1.07. The molecule has 6 heteroatoms. The van der Waals surface area contributed by atoms with Crippen LogP contribution < -0.4 is 10.6 Å². The van der Waals surface area contributed by atoms with Gasteiger partial charge in [-0.3, -0.25) is 0 Å². The minimum Gasteiger partial charge on any atom is -0.367 e. The van der Waals surface area contributed by atoms with Gasteiger partial charge in [0.25, 0.3) is 0 Å². The van der Waals surface area contributed by atoms with E-state index >= 15 is 0 Å². The molecule has 108 valence electrons. The molecule has 0 spiro atoms. The summed E-state index contributed by atoms with van der Waals surface area (Å²) in [6.07, 6.45) is 2.77. The molecular formula is C13H24ClN5. The van der Waals surface area contributed by atoms with Gasteiger partial charge in [-0.1, -0.05) is 18.5 Å². The van der Waals surface area contributed by atoms with Crippen LogP contribution in [0, 0.1) is 0 Å². The molecule has 0 aliphatic rings. The van der Waals surface area contributed by atoms with Crippen molar-refractivity contribution in [3.8, 4) is 0 Å². The van der Waals surface area contributed by atoms with E-state index in [4.69, 9.17) is 11.6 Å². The van der Waals surface area contributed by atoms with E-state index in [1.807, 2.05) is 6.92 Å². The average molecular weight is 286 g/mol. The van der Waals surface area contributed by atoms with Gasteiger partial charge in [0.15, 0.2) is 5.82 Å². The van der Waals surface area contributed by atoms with Crippen molar-refractivity contribution in [1.29, 1.82) is 0 Å². The highest BCUT2D eigenvalue weighted by Gasteiger charge is 2.08. The third kappa shape index (κ3) is 5.20. The predicted molar refractivity (Wildman–Crippen MR) is 82.1 cm³/mol. The Morgan fingerprint density at radius 2 is 2.11 bits per heavy atom. The molecule has 1 aromatic heterocycles. The SMILES string of the molecule is CCNc1ncc(Cl)c(NCCN(C)C(C)CC)n1. The molecule has 1 aromatic rings. The number of hydrogen-bond acceptors (Lipinski definition) is 5. The minimum absolute atomic E-state index is 0.549.